The third-order valence-electron chi connectivity index (χ3n) is 3.34. The van der Waals surface area contributed by atoms with Crippen molar-refractivity contribution in [3.05, 3.63) is 52.8 Å². The molecule has 1 heterocycles. The number of rotatable bonds is 4. The Hall–Kier alpha value is -2.15. The standard InChI is InChI=1S/C16H17N2O2P/c1-4-20-16(19)15(18-17)21-10-11(2)12(3)14(21)13-8-6-5-7-9-13/h5-10H,4H2,1-3H3. The van der Waals surface area contributed by atoms with E-state index in [1.165, 1.54) is 0 Å². The fourth-order valence-corrected chi connectivity index (χ4v) is 4.59. The Labute approximate surface area is 125 Å². The zero-order valence-corrected chi connectivity index (χ0v) is 13.2. The van der Waals surface area contributed by atoms with Gasteiger partial charge in [-0.05, 0) is 43.3 Å². The van der Waals surface area contributed by atoms with Crippen LogP contribution < -0.4 is 0 Å². The molecular formula is C16H17N2O2P. The first kappa shape index (κ1) is 15.2. The Morgan fingerprint density at radius 1 is 1.29 bits per heavy atom. The predicted molar refractivity (Wildman–Crippen MR) is 84.7 cm³/mol. The van der Waals surface area contributed by atoms with Crippen molar-refractivity contribution in [3.8, 4) is 10.9 Å². The SMILES string of the molecule is CCOC(=O)C(=[N+]=[N-])p1cc(C)c(C)c1-c1ccccc1. The summed E-state index contributed by atoms with van der Waals surface area (Å²) in [5.41, 5.74) is 12.6. The maximum Gasteiger partial charge on any atom is 0.426 e. The molecule has 2 rings (SSSR count). The minimum atomic E-state index is -1.13. The second-order valence-corrected chi connectivity index (χ2v) is 6.53. The van der Waals surface area contributed by atoms with Gasteiger partial charge in [0.05, 0.1) is 6.61 Å². The zero-order valence-electron chi connectivity index (χ0n) is 12.3. The van der Waals surface area contributed by atoms with Gasteiger partial charge in [-0.2, -0.15) is 4.79 Å². The van der Waals surface area contributed by atoms with E-state index in [-0.39, 0.29) is 12.1 Å². The summed E-state index contributed by atoms with van der Waals surface area (Å²) in [6, 6.07) is 9.86. The molecular weight excluding hydrogens is 283 g/mol. The van der Waals surface area contributed by atoms with Crippen LogP contribution in [-0.2, 0) is 9.53 Å². The molecule has 0 fully saturated rings. The lowest BCUT2D eigenvalue weighted by atomic mass is 10.1. The predicted octanol–water partition coefficient (Wildman–Crippen LogP) is 4.00. The summed E-state index contributed by atoms with van der Waals surface area (Å²) < 4.78 is 5.00. The van der Waals surface area contributed by atoms with E-state index >= 15 is 0 Å². The van der Waals surface area contributed by atoms with Crippen molar-refractivity contribution in [2.24, 2.45) is 0 Å². The molecule has 0 N–H and O–H groups in total. The Kier molecular flexibility index (Phi) is 4.74. The molecule has 0 spiro atoms. The smallest absolute Gasteiger partial charge is 0.426 e. The molecule has 0 aliphatic heterocycles. The Morgan fingerprint density at radius 2 is 1.95 bits per heavy atom. The van der Waals surface area contributed by atoms with E-state index in [1.807, 2.05) is 50.0 Å². The van der Waals surface area contributed by atoms with Gasteiger partial charge in [-0.25, -0.2) is 4.79 Å². The summed E-state index contributed by atoms with van der Waals surface area (Å²) in [4.78, 5) is 15.2. The van der Waals surface area contributed by atoms with Gasteiger partial charge in [-0.1, -0.05) is 30.3 Å². The van der Waals surface area contributed by atoms with Crippen LogP contribution in [0.15, 0.2) is 36.1 Å². The van der Waals surface area contributed by atoms with E-state index in [1.54, 1.807) is 6.92 Å². The number of hydrogen-bond acceptors (Lipinski definition) is 2. The molecule has 4 nitrogen and oxygen atoms in total. The minimum absolute atomic E-state index is 0.0851. The van der Waals surface area contributed by atoms with E-state index in [2.05, 4.69) is 4.79 Å². The van der Waals surface area contributed by atoms with Crippen LogP contribution in [0.2, 0.25) is 0 Å². The van der Waals surface area contributed by atoms with Crippen molar-refractivity contribution in [1.29, 1.82) is 0 Å². The first-order valence-electron chi connectivity index (χ1n) is 6.73. The summed E-state index contributed by atoms with van der Waals surface area (Å²) in [5.74, 6) is 1.44. The number of ether oxygens (including phenoxy) is 1. The highest BCUT2D eigenvalue weighted by Crippen LogP contribution is 2.47. The van der Waals surface area contributed by atoms with Crippen LogP contribution in [0.1, 0.15) is 18.1 Å². The largest absolute Gasteiger partial charge is 0.457 e. The molecule has 2 aromatic rings. The molecule has 0 saturated heterocycles. The highest BCUT2D eigenvalue weighted by Gasteiger charge is 2.29. The van der Waals surface area contributed by atoms with Crippen LogP contribution in [0.5, 0.6) is 0 Å². The Morgan fingerprint density at radius 3 is 2.52 bits per heavy atom. The fourth-order valence-electron chi connectivity index (χ4n) is 2.22. The number of benzene rings is 1. The Bertz CT molecular complexity index is 713. The van der Waals surface area contributed by atoms with Gasteiger partial charge in [-0.3, -0.25) is 0 Å². The summed E-state index contributed by atoms with van der Waals surface area (Å²) in [5, 5.41) is 1.05. The number of esters is 1. The number of carbonyl (C=O) groups excluding carboxylic acids is 1. The van der Waals surface area contributed by atoms with Gasteiger partial charge in [0.15, 0.2) is 0 Å². The first-order chi connectivity index (χ1) is 10.1. The van der Waals surface area contributed by atoms with Gasteiger partial charge in [0, 0.05) is 12.8 Å². The average Bonchev–Trinajstić information content (AvgIpc) is 2.77. The van der Waals surface area contributed by atoms with Crippen LogP contribution >= 0.6 is 7.53 Å². The normalized spacial score (nSPS) is 10.9. The summed E-state index contributed by atoms with van der Waals surface area (Å²) in [6.45, 7) is 6.01. The second kappa shape index (κ2) is 6.53. The number of aryl methyl sites for hydroxylation is 1. The van der Waals surface area contributed by atoms with Crippen molar-refractivity contribution >= 4 is 19.0 Å². The number of hydrogen-bond donors (Lipinski definition) is 0. The lowest BCUT2D eigenvalue weighted by molar-refractivity contribution is -0.138. The molecule has 0 bridgehead atoms. The first-order valence-corrected chi connectivity index (χ1v) is 8.14. The molecule has 1 atom stereocenters. The van der Waals surface area contributed by atoms with Gasteiger partial charge < -0.3 is 10.3 Å². The highest BCUT2D eigenvalue weighted by molar-refractivity contribution is 7.73. The number of nitrogens with zero attached hydrogens (tertiary/aromatic N) is 2. The van der Waals surface area contributed by atoms with Crippen LogP contribution in [0, 0.1) is 13.8 Å². The molecule has 1 aromatic heterocycles. The quantitative estimate of drug-likeness (QED) is 0.371. The maximum absolute atomic E-state index is 12.0. The van der Waals surface area contributed by atoms with E-state index in [0.29, 0.717) is 0 Å². The minimum Gasteiger partial charge on any atom is -0.457 e. The van der Waals surface area contributed by atoms with Crippen molar-refractivity contribution in [1.82, 2.24) is 0 Å². The van der Waals surface area contributed by atoms with Gasteiger partial charge in [0.1, 0.15) is 0 Å². The lowest BCUT2D eigenvalue weighted by Crippen LogP contribution is -2.14. The topological polar surface area (TPSA) is 62.7 Å². The number of carbonyl (C=O) groups is 1. The second-order valence-electron chi connectivity index (χ2n) is 4.67. The van der Waals surface area contributed by atoms with Gasteiger partial charge in [0.2, 0.25) is 0 Å². The lowest BCUT2D eigenvalue weighted by Gasteiger charge is -2.04. The van der Waals surface area contributed by atoms with Crippen molar-refractivity contribution in [2.45, 2.75) is 20.8 Å². The third kappa shape index (κ3) is 2.97. The summed E-state index contributed by atoms with van der Waals surface area (Å²) in [7, 11) is -1.13. The van der Waals surface area contributed by atoms with E-state index in [9.17, 15) is 10.3 Å². The summed E-state index contributed by atoms with van der Waals surface area (Å²) in [6.07, 6.45) is 0. The van der Waals surface area contributed by atoms with Crippen LogP contribution in [0.3, 0.4) is 0 Å². The van der Waals surface area contributed by atoms with Crippen molar-refractivity contribution < 1.29 is 14.3 Å². The van der Waals surface area contributed by atoms with Crippen LogP contribution in [0.25, 0.3) is 16.4 Å². The molecule has 5 heteroatoms. The van der Waals surface area contributed by atoms with E-state index in [0.717, 1.165) is 22.0 Å². The van der Waals surface area contributed by atoms with Crippen molar-refractivity contribution in [2.75, 3.05) is 6.61 Å². The molecule has 0 saturated carbocycles. The highest BCUT2D eigenvalue weighted by atomic mass is 31.1. The molecule has 21 heavy (non-hydrogen) atoms. The fraction of sp³-hybridized carbons (Fsp3) is 0.250. The van der Waals surface area contributed by atoms with Gasteiger partial charge in [-0.15, -0.1) is 0 Å². The summed E-state index contributed by atoms with van der Waals surface area (Å²) >= 11 is 0. The Balaban J connectivity index is 2.63. The van der Waals surface area contributed by atoms with Crippen LogP contribution in [-0.4, -0.2) is 22.8 Å². The molecule has 0 radical (unpaired) electrons. The molecule has 0 amide bonds. The average molecular weight is 300 g/mol. The maximum atomic E-state index is 12.0. The van der Waals surface area contributed by atoms with Crippen LogP contribution in [0.4, 0.5) is 0 Å². The van der Waals surface area contributed by atoms with Crippen molar-refractivity contribution in [3.63, 3.8) is 0 Å². The van der Waals surface area contributed by atoms with Gasteiger partial charge >= 0.3 is 11.4 Å². The molecule has 1 unspecified atom stereocenters. The zero-order chi connectivity index (χ0) is 15.4. The third-order valence-corrected chi connectivity index (χ3v) is 5.79. The van der Waals surface area contributed by atoms with E-state index in [4.69, 9.17) is 4.74 Å². The molecule has 1 aromatic carbocycles. The van der Waals surface area contributed by atoms with Gasteiger partial charge in [0.25, 0.3) is 0 Å². The van der Waals surface area contributed by atoms with E-state index < -0.39 is 13.5 Å². The molecule has 0 aliphatic rings. The monoisotopic (exact) mass is 300 g/mol. The molecule has 108 valence electrons. The molecule has 0 aliphatic carbocycles.